The largest absolute Gasteiger partial charge is 0.379 e. The van der Waals surface area contributed by atoms with Crippen LogP contribution in [-0.4, -0.2) is 92.9 Å². The van der Waals surface area contributed by atoms with E-state index in [-0.39, 0.29) is 18.4 Å². The van der Waals surface area contributed by atoms with Gasteiger partial charge in [-0.25, -0.2) is 0 Å². The third kappa shape index (κ3) is 6.13. The van der Waals surface area contributed by atoms with Crippen molar-refractivity contribution in [2.75, 3.05) is 59.0 Å². The van der Waals surface area contributed by atoms with E-state index in [1.54, 1.807) is 0 Å². The summed E-state index contributed by atoms with van der Waals surface area (Å²) in [4.78, 5) is 15.2. The van der Waals surface area contributed by atoms with Gasteiger partial charge in [-0.05, 0) is 45.1 Å². The molecule has 3 fully saturated rings. The fourth-order valence-electron chi connectivity index (χ4n) is 4.76. The van der Waals surface area contributed by atoms with Crippen LogP contribution in [0.5, 0.6) is 0 Å². The average molecular weight is 431 g/mol. The minimum Gasteiger partial charge on any atom is -0.379 e. The first-order chi connectivity index (χ1) is 14.0. The van der Waals surface area contributed by atoms with Gasteiger partial charge in [-0.15, -0.1) is 0 Å². The van der Waals surface area contributed by atoms with E-state index in [1.807, 2.05) is 0 Å². The van der Waals surface area contributed by atoms with Gasteiger partial charge in [0, 0.05) is 45.3 Å². The van der Waals surface area contributed by atoms with Gasteiger partial charge in [0.25, 0.3) is 10.2 Å². The molecular weight excluding hydrogens is 392 g/mol. The Kier molecular flexibility index (Phi) is 8.73. The molecule has 2 atom stereocenters. The fourth-order valence-corrected chi connectivity index (χ4v) is 6.43. The van der Waals surface area contributed by atoms with Crippen molar-refractivity contribution in [1.29, 1.82) is 0 Å². The van der Waals surface area contributed by atoms with E-state index in [4.69, 9.17) is 4.74 Å². The van der Waals surface area contributed by atoms with Crippen LogP contribution in [0.15, 0.2) is 0 Å². The van der Waals surface area contributed by atoms with Crippen LogP contribution in [0.1, 0.15) is 51.9 Å². The molecular formula is C20H38N4O4S. The summed E-state index contributed by atoms with van der Waals surface area (Å²) < 4.78 is 34.0. The zero-order chi connectivity index (χ0) is 20.7. The molecule has 1 amide bonds. The van der Waals surface area contributed by atoms with Gasteiger partial charge in [0.15, 0.2) is 0 Å². The summed E-state index contributed by atoms with van der Waals surface area (Å²) >= 11 is 0. The van der Waals surface area contributed by atoms with Crippen molar-refractivity contribution < 1.29 is 17.9 Å². The van der Waals surface area contributed by atoms with E-state index in [2.05, 4.69) is 17.1 Å². The molecule has 3 aliphatic rings. The summed E-state index contributed by atoms with van der Waals surface area (Å²) in [6.45, 7) is 7.57. The minimum absolute atomic E-state index is 0.00226. The monoisotopic (exact) mass is 430 g/mol. The first-order valence-corrected chi connectivity index (χ1v) is 12.8. The Morgan fingerprint density at radius 3 is 2.59 bits per heavy atom. The van der Waals surface area contributed by atoms with E-state index in [0.29, 0.717) is 45.4 Å². The van der Waals surface area contributed by atoms with Crippen LogP contribution in [0.4, 0.5) is 0 Å². The first kappa shape index (κ1) is 22.9. The number of ether oxygens (including phenoxy) is 1. The van der Waals surface area contributed by atoms with Crippen LogP contribution >= 0.6 is 0 Å². The molecule has 0 aromatic heterocycles. The molecule has 0 aromatic carbocycles. The van der Waals surface area contributed by atoms with Crippen molar-refractivity contribution in [3.05, 3.63) is 0 Å². The van der Waals surface area contributed by atoms with Gasteiger partial charge in [-0.2, -0.15) is 17.0 Å². The van der Waals surface area contributed by atoms with Crippen LogP contribution in [0.3, 0.4) is 0 Å². The zero-order valence-electron chi connectivity index (χ0n) is 17.9. The van der Waals surface area contributed by atoms with Crippen LogP contribution < -0.4 is 5.32 Å². The minimum atomic E-state index is -3.50. The Morgan fingerprint density at radius 1 is 1.03 bits per heavy atom. The fraction of sp³-hybridized carbons (Fsp3) is 0.950. The molecule has 0 aliphatic carbocycles. The lowest BCUT2D eigenvalue weighted by atomic mass is 9.98. The van der Waals surface area contributed by atoms with Gasteiger partial charge >= 0.3 is 0 Å². The van der Waals surface area contributed by atoms with Crippen molar-refractivity contribution in [3.63, 3.8) is 0 Å². The SMILES string of the molecule is CC[C@H]1CCCCN1CCCNC(=O)[C@H]1CCCN(S(=O)(=O)N2CCOCC2)C1. The van der Waals surface area contributed by atoms with Gasteiger partial charge in [-0.1, -0.05) is 13.3 Å². The summed E-state index contributed by atoms with van der Waals surface area (Å²) in [5, 5.41) is 3.06. The number of nitrogens with zero attached hydrogens (tertiary/aromatic N) is 3. The molecule has 3 aliphatic heterocycles. The number of carbonyl (C=O) groups is 1. The molecule has 0 bridgehead atoms. The molecule has 0 saturated carbocycles. The topological polar surface area (TPSA) is 82.2 Å². The normalized spacial score (nSPS) is 28.3. The summed E-state index contributed by atoms with van der Waals surface area (Å²) in [6, 6.07) is 0.691. The number of morpholine rings is 1. The summed E-state index contributed by atoms with van der Waals surface area (Å²) in [7, 11) is -3.50. The highest BCUT2D eigenvalue weighted by Crippen LogP contribution is 2.22. The van der Waals surface area contributed by atoms with Crippen molar-refractivity contribution in [3.8, 4) is 0 Å². The molecule has 3 rings (SSSR count). The van der Waals surface area contributed by atoms with Crippen molar-refractivity contribution in [1.82, 2.24) is 18.8 Å². The van der Waals surface area contributed by atoms with Crippen molar-refractivity contribution in [2.24, 2.45) is 5.92 Å². The van der Waals surface area contributed by atoms with Gasteiger partial charge in [0.1, 0.15) is 0 Å². The highest BCUT2D eigenvalue weighted by Gasteiger charge is 2.36. The maximum absolute atomic E-state index is 12.9. The quantitative estimate of drug-likeness (QED) is 0.582. The van der Waals surface area contributed by atoms with E-state index in [9.17, 15) is 13.2 Å². The number of hydrogen-bond acceptors (Lipinski definition) is 5. The van der Waals surface area contributed by atoms with Crippen LogP contribution in [0, 0.1) is 5.92 Å². The van der Waals surface area contributed by atoms with Gasteiger partial charge in [0.2, 0.25) is 5.91 Å². The molecule has 3 saturated heterocycles. The van der Waals surface area contributed by atoms with E-state index in [1.165, 1.54) is 40.8 Å². The first-order valence-electron chi connectivity index (χ1n) is 11.4. The third-order valence-corrected chi connectivity index (χ3v) is 8.52. The summed E-state index contributed by atoms with van der Waals surface area (Å²) in [6.07, 6.45) is 7.53. The van der Waals surface area contributed by atoms with Gasteiger partial charge in [0.05, 0.1) is 19.1 Å². The Labute approximate surface area is 176 Å². The molecule has 1 N–H and O–H groups in total. The predicted molar refractivity (Wildman–Crippen MR) is 113 cm³/mol. The molecule has 0 aromatic rings. The molecule has 29 heavy (non-hydrogen) atoms. The number of likely N-dealkylation sites (tertiary alicyclic amines) is 1. The van der Waals surface area contributed by atoms with Crippen LogP contribution in [-0.2, 0) is 19.7 Å². The predicted octanol–water partition coefficient (Wildman–Crippen LogP) is 1.05. The number of rotatable bonds is 8. The summed E-state index contributed by atoms with van der Waals surface area (Å²) in [5.41, 5.74) is 0. The highest BCUT2D eigenvalue weighted by atomic mass is 32.2. The molecule has 3 heterocycles. The Hall–Kier alpha value is -0.740. The molecule has 0 unspecified atom stereocenters. The smallest absolute Gasteiger partial charge is 0.282 e. The second-order valence-electron chi connectivity index (χ2n) is 8.45. The van der Waals surface area contributed by atoms with Crippen LogP contribution in [0.25, 0.3) is 0 Å². The molecule has 9 heteroatoms. The lowest BCUT2D eigenvalue weighted by Crippen LogP contribution is -2.53. The maximum atomic E-state index is 12.9. The van der Waals surface area contributed by atoms with Crippen LogP contribution in [0.2, 0.25) is 0 Å². The molecule has 168 valence electrons. The number of amides is 1. The Morgan fingerprint density at radius 2 is 1.83 bits per heavy atom. The third-order valence-electron chi connectivity index (χ3n) is 6.52. The van der Waals surface area contributed by atoms with Crippen molar-refractivity contribution >= 4 is 16.1 Å². The Balaban J connectivity index is 1.42. The molecule has 0 radical (unpaired) electrons. The standard InChI is InChI=1S/C20H38N4O4S/c1-2-19-8-3-4-10-22(19)11-6-9-21-20(25)18-7-5-12-24(17-18)29(26,27)23-13-15-28-16-14-23/h18-19H,2-17H2,1H3,(H,21,25)/t18-,19-/m0/s1. The van der Waals surface area contributed by atoms with Gasteiger partial charge in [-0.3, -0.25) is 4.79 Å². The molecule has 0 spiro atoms. The second-order valence-corrected chi connectivity index (χ2v) is 10.4. The van der Waals surface area contributed by atoms with Gasteiger partial charge < -0.3 is 15.0 Å². The van der Waals surface area contributed by atoms with E-state index < -0.39 is 10.2 Å². The Bertz CT molecular complexity index is 624. The lowest BCUT2D eigenvalue weighted by Gasteiger charge is -2.36. The summed E-state index contributed by atoms with van der Waals surface area (Å²) in [5.74, 6) is -0.254. The van der Waals surface area contributed by atoms with E-state index >= 15 is 0 Å². The maximum Gasteiger partial charge on any atom is 0.282 e. The number of carbonyl (C=O) groups excluding carboxylic acids is 1. The van der Waals surface area contributed by atoms with Crippen molar-refractivity contribution in [2.45, 2.75) is 57.9 Å². The zero-order valence-corrected chi connectivity index (χ0v) is 18.7. The lowest BCUT2D eigenvalue weighted by molar-refractivity contribution is -0.126. The molecule has 8 nitrogen and oxygen atoms in total. The second kappa shape index (κ2) is 11.0. The highest BCUT2D eigenvalue weighted by molar-refractivity contribution is 7.86. The number of hydrogen-bond donors (Lipinski definition) is 1. The number of nitrogens with one attached hydrogen (secondary N) is 1. The van der Waals surface area contributed by atoms with E-state index in [0.717, 1.165) is 25.8 Å². The average Bonchev–Trinajstić information content (AvgIpc) is 2.77. The number of piperidine rings is 2.